The number of rotatable bonds is 5. The Kier molecular flexibility index (Phi) is 6.30. The van der Waals surface area contributed by atoms with Crippen LogP contribution in [0.25, 0.3) is 0 Å². The lowest BCUT2D eigenvalue weighted by atomic mass is 9.97. The Labute approximate surface area is 171 Å². The SMILES string of the molecule is COc1cccc(NC(=O)N2CC3CC(NC(C)=O)CN3C(=O)C2CC(C)C)c1. The van der Waals surface area contributed by atoms with Crippen LogP contribution in [0.15, 0.2) is 24.3 Å². The molecule has 29 heavy (non-hydrogen) atoms. The van der Waals surface area contributed by atoms with Crippen LogP contribution in [-0.4, -0.2) is 66.0 Å². The fourth-order valence-electron chi connectivity index (χ4n) is 4.23. The van der Waals surface area contributed by atoms with E-state index in [9.17, 15) is 14.4 Å². The number of amides is 4. The topological polar surface area (TPSA) is 91.0 Å². The van der Waals surface area contributed by atoms with Gasteiger partial charge in [0.25, 0.3) is 0 Å². The molecule has 0 spiro atoms. The van der Waals surface area contributed by atoms with Gasteiger partial charge in [-0.2, -0.15) is 0 Å². The highest BCUT2D eigenvalue weighted by molar-refractivity contribution is 5.95. The number of piperazine rings is 1. The van der Waals surface area contributed by atoms with E-state index in [0.29, 0.717) is 37.4 Å². The maximum atomic E-state index is 13.2. The first-order chi connectivity index (χ1) is 13.8. The van der Waals surface area contributed by atoms with Crippen molar-refractivity contribution in [3.8, 4) is 5.75 Å². The second-order valence-electron chi connectivity index (χ2n) is 8.24. The van der Waals surface area contributed by atoms with Gasteiger partial charge in [-0.1, -0.05) is 19.9 Å². The number of carbonyl (C=O) groups is 3. The number of hydrogen-bond acceptors (Lipinski definition) is 4. The molecule has 8 nitrogen and oxygen atoms in total. The molecule has 0 aromatic heterocycles. The summed E-state index contributed by atoms with van der Waals surface area (Å²) >= 11 is 0. The number of fused-ring (bicyclic) bond motifs is 1. The Hall–Kier alpha value is -2.77. The van der Waals surface area contributed by atoms with Crippen LogP contribution in [0.2, 0.25) is 0 Å². The minimum absolute atomic E-state index is 0.0383. The van der Waals surface area contributed by atoms with Crippen LogP contribution < -0.4 is 15.4 Å². The van der Waals surface area contributed by atoms with Crippen molar-refractivity contribution in [3.05, 3.63) is 24.3 Å². The molecule has 3 unspecified atom stereocenters. The highest BCUT2D eigenvalue weighted by Crippen LogP contribution is 2.29. The number of urea groups is 1. The molecule has 2 aliphatic heterocycles. The molecule has 0 radical (unpaired) electrons. The summed E-state index contributed by atoms with van der Waals surface area (Å²) in [6.07, 6.45) is 1.25. The molecule has 0 bridgehead atoms. The predicted molar refractivity (Wildman–Crippen MR) is 110 cm³/mol. The van der Waals surface area contributed by atoms with E-state index in [1.807, 2.05) is 18.7 Å². The van der Waals surface area contributed by atoms with Gasteiger partial charge < -0.3 is 25.2 Å². The number of hydrogen-bond donors (Lipinski definition) is 2. The summed E-state index contributed by atoms with van der Waals surface area (Å²) in [6.45, 7) is 6.52. The summed E-state index contributed by atoms with van der Waals surface area (Å²) < 4.78 is 5.21. The quantitative estimate of drug-likeness (QED) is 0.789. The first-order valence-corrected chi connectivity index (χ1v) is 10.1. The molecule has 3 rings (SSSR count). The van der Waals surface area contributed by atoms with Crippen LogP contribution >= 0.6 is 0 Å². The zero-order chi connectivity index (χ0) is 21.1. The van der Waals surface area contributed by atoms with Gasteiger partial charge in [0.2, 0.25) is 11.8 Å². The van der Waals surface area contributed by atoms with E-state index in [4.69, 9.17) is 4.74 Å². The molecule has 158 valence electrons. The molecule has 0 aliphatic carbocycles. The third kappa shape index (κ3) is 4.81. The fourth-order valence-corrected chi connectivity index (χ4v) is 4.23. The minimum Gasteiger partial charge on any atom is -0.497 e. The first kappa shape index (κ1) is 21.0. The van der Waals surface area contributed by atoms with E-state index in [1.165, 1.54) is 6.92 Å². The maximum absolute atomic E-state index is 13.2. The Morgan fingerprint density at radius 2 is 2.03 bits per heavy atom. The van der Waals surface area contributed by atoms with Crippen LogP contribution in [0, 0.1) is 5.92 Å². The van der Waals surface area contributed by atoms with Gasteiger partial charge in [-0.25, -0.2) is 4.79 Å². The van der Waals surface area contributed by atoms with Crippen molar-refractivity contribution >= 4 is 23.5 Å². The summed E-state index contributed by atoms with van der Waals surface area (Å²) in [5.41, 5.74) is 0.620. The van der Waals surface area contributed by atoms with Crippen LogP contribution in [0.4, 0.5) is 10.5 Å². The first-order valence-electron chi connectivity index (χ1n) is 10.1. The van der Waals surface area contributed by atoms with Crippen molar-refractivity contribution in [1.82, 2.24) is 15.1 Å². The summed E-state index contributed by atoms with van der Waals surface area (Å²) in [4.78, 5) is 41.2. The number of methoxy groups -OCH3 is 1. The Morgan fingerprint density at radius 3 is 2.69 bits per heavy atom. The van der Waals surface area contributed by atoms with Crippen molar-refractivity contribution in [2.75, 3.05) is 25.5 Å². The van der Waals surface area contributed by atoms with Crippen LogP contribution in [0.1, 0.15) is 33.6 Å². The van der Waals surface area contributed by atoms with Gasteiger partial charge in [0.15, 0.2) is 0 Å². The van der Waals surface area contributed by atoms with Gasteiger partial charge in [-0.3, -0.25) is 9.59 Å². The molecule has 2 heterocycles. The Bertz CT molecular complexity index is 782. The Morgan fingerprint density at radius 1 is 1.28 bits per heavy atom. The van der Waals surface area contributed by atoms with Crippen LogP contribution in [0.3, 0.4) is 0 Å². The summed E-state index contributed by atoms with van der Waals surface area (Å²) in [5, 5.41) is 5.81. The number of benzene rings is 1. The molecule has 8 heteroatoms. The van der Waals surface area contributed by atoms with E-state index in [1.54, 1.807) is 36.3 Å². The third-order valence-corrected chi connectivity index (χ3v) is 5.45. The summed E-state index contributed by atoms with van der Waals surface area (Å²) in [6, 6.07) is 6.20. The highest BCUT2D eigenvalue weighted by Gasteiger charge is 2.47. The second-order valence-corrected chi connectivity index (χ2v) is 8.24. The molecule has 2 aliphatic rings. The van der Waals surface area contributed by atoms with Crippen LogP contribution in [0.5, 0.6) is 5.75 Å². The monoisotopic (exact) mass is 402 g/mol. The van der Waals surface area contributed by atoms with Crippen molar-refractivity contribution < 1.29 is 19.1 Å². The lowest BCUT2D eigenvalue weighted by Crippen LogP contribution is -2.62. The summed E-state index contributed by atoms with van der Waals surface area (Å²) in [5.74, 6) is 0.773. The molecule has 2 fully saturated rings. The molecular formula is C21H30N4O4. The van der Waals surface area contributed by atoms with Crippen molar-refractivity contribution in [1.29, 1.82) is 0 Å². The van der Waals surface area contributed by atoms with E-state index in [-0.39, 0.29) is 35.8 Å². The lowest BCUT2D eigenvalue weighted by molar-refractivity contribution is -0.142. The van der Waals surface area contributed by atoms with Crippen LogP contribution in [-0.2, 0) is 9.59 Å². The molecule has 1 aromatic rings. The lowest BCUT2D eigenvalue weighted by Gasteiger charge is -2.43. The van der Waals surface area contributed by atoms with Crippen molar-refractivity contribution in [3.63, 3.8) is 0 Å². The standard InChI is InChI=1S/C21H30N4O4/c1-13(2)8-19-20(27)24-11-16(22-14(3)26)9-17(24)12-25(19)21(28)23-15-6-5-7-18(10-15)29-4/h5-7,10,13,16-17,19H,8-9,11-12H2,1-4H3,(H,22,26)(H,23,28). The molecule has 2 N–H and O–H groups in total. The average molecular weight is 402 g/mol. The van der Waals surface area contributed by atoms with E-state index >= 15 is 0 Å². The maximum Gasteiger partial charge on any atom is 0.322 e. The number of carbonyl (C=O) groups excluding carboxylic acids is 3. The molecule has 4 amide bonds. The average Bonchev–Trinajstić information content (AvgIpc) is 3.05. The minimum atomic E-state index is -0.507. The van der Waals surface area contributed by atoms with E-state index in [0.717, 1.165) is 0 Å². The van der Waals surface area contributed by atoms with Gasteiger partial charge in [-0.05, 0) is 30.9 Å². The predicted octanol–water partition coefficient (Wildman–Crippen LogP) is 2.06. The van der Waals surface area contributed by atoms with Gasteiger partial charge in [0.05, 0.1) is 13.2 Å². The summed E-state index contributed by atoms with van der Waals surface area (Å²) in [7, 11) is 1.57. The van der Waals surface area contributed by atoms with Crippen molar-refractivity contribution in [2.24, 2.45) is 5.92 Å². The molecule has 0 saturated carbocycles. The Balaban J connectivity index is 1.78. The molecule has 3 atom stereocenters. The number of nitrogens with one attached hydrogen (secondary N) is 2. The second kappa shape index (κ2) is 8.71. The highest BCUT2D eigenvalue weighted by atomic mass is 16.5. The number of anilines is 1. The zero-order valence-corrected chi connectivity index (χ0v) is 17.5. The number of ether oxygens (including phenoxy) is 1. The van der Waals surface area contributed by atoms with Gasteiger partial charge in [-0.15, -0.1) is 0 Å². The van der Waals surface area contributed by atoms with E-state index < -0.39 is 6.04 Å². The van der Waals surface area contributed by atoms with Gasteiger partial charge in [0.1, 0.15) is 11.8 Å². The molecule has 2 saturated heterocycles. The normalized spacial score (nSPS) is 23.8. The van der Waals surface area contributed by atoms with Crippen molar-refractivity contribution in [2.45, 2.75) is 51.7 Å². The molecule has 1 aromatic carbocycles. The number of nitrogens with zero attached hydrogens (tertiary/aromatic N) is 2. The van der Waals surface area contributed by atoms with Gasteiger partial charge in [0, 0.05) is 37.8 Å². The largest absolute Gasteiger partial charge is 0.497 e. The third-order valence-electron chi connectivity index (χ3n) is 5.45. The smallest absolute Gasteiger partial charge is 0.322 e. The molecular weight excluding hydrogens is 372 g/mol. The zero-order valence-electron chi connectivity index (χ0n) is 17.5. The van der Waals surface area contributed by atoms with Gasteiger partial charge >= 0.3 is 6.03 Å². The van der Waals surface area contributed by atoms with E-state index in [2.05, 4.69) is 10.6 Å². The fraction of sp³-hybridized carbons (Fsp3) is 0.571.